The maximum atomic E-state index is 13.1. The molecule has 0 bridgehead atoms. The van der Waals surface area contributed by atoms with Crippen molar-refractivity contribution in [3.63, 3.8) is 0 Å². The number of hydrogen-bond donors (Lipinski definition) is 13. The zero-order valence-electron chi connectivity index (χ0n) is 24.0. The monoisotopic (exact) mass is 616 g/mol. The van der Waals surface area contributed by atoms with E-state index < -0.39 is 65.7 Å². The Bertz CT molecular complexity index is 997. The molecule has 42 heavy (non-hydrogen) atoms. The fraction of sp³-hybridized carbons (Fsp3) is 0.652. The van der Waals surface area contributed by atoms with E-state index in [1.54, 1.807) is 0 Å². The number of amides is 6. The van der Waals surface area contributed by atoms with Crippen LogP contribution in [-0.4, -0.2) is 96.4 Å². The molecule has 18 nitrogen and oxygen atoms in total. The average molecular weight is 617 g/mol. The van der Waals surface area contributed by atoms with Crippen LogP contribution in [0.4, 0.5) is 0 Å². The number of hydrogen-bond acceptors (Lipinski definition) is 9. The quantitative estimate of drug-likeness (QED) is 0.0285. The van der Waals surface area contributed by atoms with Crippen LogP contribution in [0.15, 0.2) is 0 Å². The maximum absolute atomic E-state index is 13.1. The highest BCUT2D eigenvalue weighted by molar-refractivity contribution is 7.80. The summed E-state index contributed by atoms with van der Waals surface area (Å²) in [4.78, 5) is 74.1. The van der Waals surface area contributed by atoms with Gasteiger partial charge in [0.05, 0.1) is 0 Å². The lowest BCUT2D eigenvalue weighted by atomic mass is 10.1. The molecule has 0 aliphatic rings. The molecule has 6 amide bonds. The molecular formula is C23H44N12O6S. The predicted octanol–water partition coefficient (Wildman–Crippen LogP) is -4.59. The van der Waals surface area contributed by atoms with E-state index in [2.05, 4.69) is 49.8 Å². The van der Waals surface area contributed by atoms with Crippen molar-refractivity contribution in [1.29, 1.82) is 10.8 Å². The third kappa shape index (κ3) is 16.1. The van der Waals surface area contributed by atoms with Gasteiger partial charge in [0.15, 0.2) is 11.9 Å². The van der Waals surface area contributed by atoms with Crippen LogP contribution in [-0.2, 0) is 28.8 Å². The van der Waals surface area contributed by atoms with Crippen LogP contribution >= 0.6 is 12.6 Å². The van der Waals surface area contributed by atoms with Crippen molar-refractivity contribution >= 4 is 60.0 Å². The highest BCUT2D eigenvalue weighted by Crippen LogP contribution is 2.02. The summed E-state index contributed by atoms with van der Waals surface area (Å²) in [7, 11) is 0. The van der Waals surface area contributed by atoms with E-state index in [9.17, 15) is 28.8 Å². The molecule has 0 unspecified atom stereocenters. The number of thiol groups is 1. The molecule has 0 saturated carbocycles. The summed E-state index contributed by atoms with van der Waals surface area (Å²) in [6.45, 7) is 4.49. The number of rotatable bonds is 19. The van der Waals surface area contributed by atoms with Crippen molar-refractivity contribution in [2.45, 2.75) is 76.7 Å². The number of carbonyl (C=O) groups excluding carboxylic acids is 6. The maximum Gasteiger partial charge on any atom is 0.244 e. The first-order valence-electron chi connectivity index (χ1n) is 13.1. The van der Waals surface area contributed by atoms with Gasteiger partial charge in [0.1, 0.15) is 30.2 Å². The summed E-state index contributed by atoms with van der Waals surface area (Å²) in [5.74, 6) is -4.57. The molecule has 0 aliphatic heterocycles. The van der Waals surface area contributed by atoms with Gasteiger partial charge in [0.25, 0.3) is 0 Å². The minimum absolute atomic E-state index is 0.0141. The van der Waals surface area contributed by atoms with Gasteiger partial charge in [-0.1, -0.05) is 0 Å². The first-order chi connectivity index (χ1) is 19.6. The molecule has 238 valence electrons. The average Bonchev–Trinajstić information content (AvgIpc) is 2.89. The van der Waals surface area contributed by atoms with E-state index in [1.165, 1.54) is 20.8 Å². The molecular weight excluding hydrogens is 572 g/mol. The molecule has 0 radical (unpaired) electrons. The number of nitrogens with one attached hydrogen (secondary N) is 9. The van der Waals surface area contributed by atoms with E-state index in [0.717, 1.165) is 0 Å². The predicted molar refractivity (Wildman–Crippen MR) is 158 cm³/mol. The smallest absolute Gasteiger partial charge is 0.244 e. The van der Waals surface area contributed by atoms with E-state index in [-0.39, 0.29) is 43.6 Å². The number of guanidine groups is 2. The highest BCUT2D eigenvalue weighted by Gasteiger charge is 2.29. The normalized spacial score (nSPS) is 14.0. The Morgan fingerprint density at radius 3 is 1.43 bits per heavy atom. The van der Waals surface area contributed by atoms with Crippen LogP contribution in [0.25, 0.3) is 0 Å². The minimum atomic E-state index is -1.15. The molecule has 0 rings (SSSR count). The second-order valence-electron chi connectivity index (χ2n) is 9.39. The van der Waals surface area contributed by atoms with Gasteiger partial charge in [-0.05, 0) is 39.5 Å². The lowest BCUT2D eigenvalue weighted by molar-refractivity contribution is -0.134. The lowest BCUT2D eigenvalue weighted by Gasteiger charge is -2.25. The van der Waals surface area contributed by atoms with Crippen LogP contribution < -0.4 is 54.4 Å². The van der Waals surface area contributed by atoms with Crippen molar-refractivity contribution in [3.05, 3.63) is 0 Å². The number of nitrogens with two attached hydrogens (primary N) is 3. The van der Waals surface area contributed by atoms with Crippen LogP contribution in [0.1, 0.15) is 46.5 Å². The fourth-order valence-corrected chi connectivity index (χ4v) is 3.66. The summed E-state index contributed by atoms with van der Waals surface area (Å²) in [6, 6.07) is -5.40. The number of primary amides is 1. The topological polar surface area (TPSA) is 312 Å². The molecule has 0 aromatic heterocycles. The molecule has 0 saturated heterocycles. The van der Waals surface area contributed by atoms with Crippen LogP contribution in [0, 0.1) is 10.8 Å². The second-order valence-corrected chi connectivity index (χ2v) is 9.75. The van der Waals surface area contributed by atoms with Gasteiger partial charge in [-0.15, -0.1) is 0 Å². The van der Waals surface area contributed by atoms with Gasteiger partial charge < -0.3 is 54.4 Å². The molecule has 5 atom stereocenters. The molecule has 19 heteroatoms. The summed E-state index contributed by atoms with van der Waals surface area (Å²) >= 11 is 4.02. The van der Waals surface area contributed by atoms with Crippen molar-refractivity contribution in [2.24, 2.45) is 17.2 Å². The Balaban J connectivity index is 5.34. The standard InChI is InChI=1S/C23H44N12O6S/c1-11(18(38)34-14(17(24)37)6-4-8-29-22(25)26)31-20(40)15(7-5-9-30-23(27)28)35-19(39)12(2)32-21(41)16(10-42)33-13(3)36/h11-12,14-16,42H,4-10H2,1-3H3,(H2,24,37)(H,31,40)(H,32,41)(H,33,36)(H,34,38)(H,35,39)(H4,25,26,29)(H4,27,28,30)/t11-,12-,14-,15-,16-/m0/s1. The summed E-state index contributed by atoms with van der Waals surface area (Å²) < 4.78 is 0. The minimum Gasteiger partial charge on any atom is -0.370 e. The molecule has 15 N–H and O–H groups in total. The van der Waals surface area contributed by atoms with E-state index in [1.807, 2.05) is 0 Å². The zero-order valence-corrected chi connectivity index (χ0v) is 24.9. The van der Waals surface area contributed by atoms with E-state index >= 15 is 0 Å². The SMILES string of the molecule is CC(=O)N[C@@H](CS)C(=O)N[C@@H](C)C(=O)N[C@@H](CCCNC(=N)N)C(=O)N[C@@H](C)C(=O)N[C@@H](CCCNC(=N)N)C(N)=O. The van der Waals surface area contributed by atoms with Crippen LogP contribution in [0.3, 0.4) is 0 Å². The van der Waals surface area contributed by atoms with Gasteiger partial charge >= 0.3 is 0 Å². The molecule has 0 spiro atoms. The first kappa shape index (κ1) is 37.7. The lowest BCUT2D eigenvalue weighted by Crippen LogP contribution is -2.58. The van der Waals surface area contributed by atoms with Gasteiger partial charge in [0.2, 0.25) is 35.4 Å². The summed E-state index contributed by atoms with van der Waals surface area (Å²) in [6.07, 6.45) is 0.890. The van der Waals surface area contributed by atoms with E-state index in [0.29, 0.717) is 12.8 Å². The van der Waals surface area contributed by atoms with Gasteiger partial charge in [-0.2, -0.15) is 12.6 Å². The summed E-state index contributed by atoms with van der Waals surface area (Å²) in [5, 5.41) is 31.9. The van der Waals surface area contributed by atoms with Gasteiger partial charge in [-0.25, -0.2) is 0 Å². The Labute approximate surface area is 249 Å². The van der Waals surface area contributed by atoms with Crippen molar-refractivity contribution in [3.8, 4) is 0 Å². The first-order valence-corrected chi connectivity index (χ1v) is 13.8. The zero-order chi connectivity index (χ0) is 32.4. The molecule has 0 heterocycles. The van der Waals surface area contributed by atoms with Crippen LogP contribution in [0.5, 0.6) is 0 Å². The Morgan fingerprint density at radius 2 is 1.05 bits per heavy atom. The number of carbonyl (C=O) groups is 6. The van der Waals surface area contributed by atoms with Crippen molar-refractivity contribution in [2.75, 3.05) is 18.8 Å². The van der Waals surface area contributed by atoms with Gasteiger partial charge in [0, 0.05) is 25.8 Å². The third-order valence-electron chi connectivity index (χ3n) is 5.64. The van der Waals surface area contributed by atoms with Crippen LogP contribution in [0.2, 0.25) is 0 Å². The van der Waals surface area contributed by atoms with E-state index in [4.69, 9.17) is 28.0 Å². The molecule has 0 fully saturated rings. The van der Waals surface area contributed by atoms with Crippen molar-refractivity contribution < 1.29 is 28.8 Å². The largest absolute Gasteiger partial charge is 0.370 e. The molecule has 0 aromatic rings. The third-order valence-corrected chi connectivity index (χ3v) is 6.01. The summed E-state index contributed by atoms with van der Waals surface area (Å²) in [5.41, 5.74) is 15.8. The van der Waals surface area contributed by atoms with Crippen molar-refractivity contribution in [1.82, 2.24) is 37.2 Å². The molecule has 0 aliphatic carbocycles. The second kappa shape index (κ2) is 19.7. The Hall–Kier alpha value is -4.29. The fourth-order valence-electron chi connectivity index (χ4n) is 3.40. The molecule has 0 aromatic carbocycles. The Morgan fingerprint density at radius 1 is 0.643 bits per heavy atom. The highest BCUT2D eigenvalue weighted by atomic mass is 32.1. The van der Waals surface area contributed by atoms with Gasteiger partial charge in [-0.3, -0.25) is 39.6 Å². The Kier molecular flexibility index (Phi) is 17.7.